The molecule has 29 heavy (non-hydrogen) atoms. The number of carbonyl (C=O) groups is 2. The van der Waals surface area contributed by atoms with Gasteiger partial charge in [0.2, 0.25) is 5.91 Å². The Morgan fingerprint density at radius 3 is 2.41 bits per heavy atom. The lowest BCUT2D eigenvalue weighted by Crippen LogP contribution is -2.38. The topological polar surface area (TPSA) is 62.2 Å². The van der Waals surface area contributed by atoms with E-state index in [1.807, 2.05) is 24.3 Å². The zero-order chi connectivity index (χ0) is 21.0. The highest BCUT2D eigenvalue weighted by atomic mass is 19.1. The third-order valence-electron chi connectivity index (χ3n) is 4.94. The van der Waals surface area contributed by atoms with Gasteiger partial charge in [-0.2, -0.15) is 5.10 Å². The minimum Gasteiger partial charge on any atom is -0.497 e. The maximum atomic E-state index is 13.3. The molecule has 0 saturated carbocycles. The molecule has 0 bridgehead atoms. The predicted octanol–water partition coefficient (Wildman–Crippen LogP) is 3.38. The fourth-order valence-electron chi connectivity index (χ4n) is 3.28. The van der Waals surface area contributed by atoms with Crippen molar-refractivity contribution >= 4 is 17.5 Å². The Bertz CT molecular complexity index is 910. The maximum Gasteiger partial charge on any atom is 0.262 e. The number of hydrazone groups is 1. The molecule has 0 N–H and O–H groups in total. The molecule has 0 unspecified atom stereocenters. The molecule has 0 spiro atoms. The minimum absolute atomic E-state index is 0.0560. The maximum absolute atomic E-state index is 13.3. The van der Waals surface area contributed by atoms with E-state index in [2.05, 4.69) is 5.10 Å². The predicted molar refractivity (Wildman–Crippen MR) is 108 cm³/mol. The van der Waals surface area contributed by atoms with Crippen LogP contribution in [0.3, 0.4) is 0 Å². The van der Waals surface area contributed by atoms with Gasteiger partial charge in [0, 0.05) is 19.9 Å². The molecule has 0 radical (unpaired) electrons. The molecule has 1 heterocycles. The molecular weight excluding hydrogens is 373 g/mol. The number of hydrogen-bond acceptors (Lipinski definition) is 4. The van der Waals surface area contributed by atoms with E-state index in [1.165, 1.54) is 22.0 Å². The van der Waals surface area contributed by atoms with Gasteiger partial charge >= 0.3 is 0 Å². The van der Waals surface area contributed by atoms with Crippen LogP contribution in [0.1, 0.15) is 36.9 Å². The van der Waals surface area contributed by atoms with E-state index >= 15 is 0 Å². The van der Waals surface area contributed by atoms with Crippen LogP contribution in [0.4, 0.5) is 4.39 Å². The average Bonchev–Trinajstić information content (AvgIpc) is 3.19. The summed E-state index contributed by atoms with van der Waals surface area (Å²) in [4.78, 5) is 26.2. The van der Waals surface area contributed by atoms with Gasteiger partial charge in [-0.1, -0.05) is 31.2 Å². The number of hydrogen-bond donors (Lipinski definition) is 0. The molecule has 2 aromatic carbocycles. The van der Waals surface area contributed by atoms with Crippen LogP contribution >= 0.6 is 0 Å². The average molecular weight is 397 g/mol. The largest absolute Gasteiger partial charge is 0.497 e. The SMILES string of the molecule is CCC(=O)N(C)CC(=O)N1N=C(c2ccc(F)cc2)C[C@H]1c1ccc(OC)cc1. The van der Waals surface area contributed by atoms with Gasteiger partial charge in [-0.05, 0) is 35.4 Å². The van der Waals surface area contributed by atoms with Gasteiger partial charge in [-0.15, -0.1) is 0 Å². The number of rotatable bonds is 6. The van der Waals surface area contributed by atoms with Crippen LogP contribution in [0.15, 0.2) is 53.6 Å². The second kappa shape index (κ2) is 8.86. The lowest BCUT2D eigenvalue weighted by molar-refractivity contribution is -0.140. The van der Waals surface area contributed by atoms with Crippen LogP contribution in [0.2, 0.25) is 0 Å². The number of ether oxygens (including phenoxy) is 1. The summed E-state index contributed by atoms with van der Waals surface area (Å²) >= 11 is 0. The smallest absolute Gasteiger partial charge is 0.262 e. The Morgan fingerprint density at radius 2 is 1.83 bits per heavy atom. The Hall–Kier alpha value is -3.22. The van der Waals surface area contributed by atoms with Crippen molar-refractivity contribution in [2.75, 3.05) is 20.7 Å². The highest BCUT2D eigenvalue weighted by Crippen LogP contribution is 2.33. The minimum atomic E-state index is -0.327. The van der Waals surface area contributed by atoms with Crippen molar-refractivity contribution in [3.63, 3.8) is 0 Å². The van der Waals surface area contributed by atoms with Crippen molar-refractivity contribution in [1.82, 2.24) is 9.91 Å². The fourth-order valence-corrected chi connectivity index (χ4v) is 3.28. The first kappa shape index (κ1) is 20.5. The molecule has 152 valence electrons. The number of benzene rings is 2. The molecule has 3 rings (SSSR count). The number of amides is 2. The summed E-state index contributed by atoms with van der Waals surface area (Å²) in [6, 6.07) is 13.2. The van der Waals surface area contributed by atoms with Crippen molar-refractivity contribution in [1.29, 1.82) is 0 Å². The zero-order valence-corrected chi connectivity index (χ0v) is 16.8. The van der Waals surface area contributed by atoms with E-state index < -0.39 is 0 Å². The molecule has 0 saturated heterocycles. The Balaban J connectivity index is 1.89. The van der Waals surface area contributed by atoms with E-state index in [9.17, 15) is 14.0 Å². The second-order valence-corrected chi connectivity index (χ2v) is 6.89. The Labute approximate surface area is 169 Å². The summed E-state index contributed by atoms with van der Waals surface area (Å²) in [6.45, 7) is 1.70. The monoisotopic (exact) mass is 397 g/mol. The van der Waals surface area contributed by atoms with E-state index in [1.54, 1.807) is 33.2 Å². The fraction of sp³-hybridized carbons (Fsp3) is 0.318. The third kappa shape index (κ3) is 4.62. The molecule has 1 aliphatic heterocycles. The third-order valence-corrected chi connectivity index (χ3v) is 4.94. The molecule has 1 aliphatic rings. The summed E-state index contributed by atoms with van der Waals surface area (Å²) < 4.78 is 18.5. The van der Waals surface area contributed by atoms with E-state index in [4.69, 9.17) is 4.74 Å². The highest BCUT2D eigenvalue weighted by Gasteiger charge is 2.33. The molecule has 0 fully saturated rings. The zero-order valence-electron chi connectivity index (χ0n) is 16.8. The summed E-state index contributed by atoms with van der Waals surface area (Å²) in [6.07, 6.45) is 0.824. The van der Waals surface area contributed by atoms with Gasteiger partial charge < -0.3 is 9.64 Å². The Morgan fingerprint density at radius 1 is 1.17 bits per heavy atom. The van der Waals surface area contributed by atoms with Crippen molar-refractivity contribution in [3.8, 4) is 5.75 Å². The lowest BCUT2D eigenvalue weighted by atomic mass is 9.98. The second-order valence-electron chi connectivity index (χ2n) is 6.89. The van der Waals surface area contributed by atoms with Gasteiger partial charge in [-0.25, -0.2) is 9.40 Å². The van der Waals surface area contributed by atoms with Gasteiger partial charge in [0.05, 0.1) is 18.9 Å². The Kier molecular flexibility index (Phi) is 6.26. The normalized spacial score (nSPS) is 15.8. The van der Waals surface area contributed by atoms with Crippen LogP contribution in [0.25, 0.3) is 0 Å². The number of halogens is 1. The van der Waals surface area contributed by atoms with Crippen molar-refractivity contribution in [2.45, 2.75) is 25.8 Å². The van der Waals surface area contributed by atoms with Crippen LogP contribution in [-0.4, -0.2) is 48.1 Å². The van der Waals surface area contributed by atoms with Crippen LogP contribution < -0.4 is 4.74 Å². The number of methoxy groups -OCH3 is 1. The van der Waals surface area contributed by atoms with Gasteiger partial charge in [0.15, 0.2) is 0 Å². The van der Waals surface area contributed by atoms with Crippen LogP contribution in [0.5, 0.6) is 5.75 Å². The first-order chi connectivity index (χ1) is 13.9. The summed E-state index contributed by atoms with van der Waals surface area (Å²) in [5.74, 6) is 0.0118. The summed E-state index contributed by atoms with van der Waals surface area (Å²) in [5.41, 5.74) is 2.37. The molecule has 7 heteroatoms. The molecular formula is C22H24FN3O3. The summed E-state index contributed by atoms with van der Waals surface area (Å²) in [5, 5.41) is 5.97. The number of nitrogens with zero attached hydrogens (tertiary/aromatic N) is 3. The van der Waals surface area contributed by atoms with E-state index in [0.717, 1.165) is 16.9 Å². The standard InChI is InChI=1S/C22H24FN3O3/c1-4-21(27)25(2)14-22(28)26-20(16-7-11-18(29-3)12-8-16)13-19(24-26)15-5-9-17(23)10-6-15/h5-12,20H,4,13-14H2,1-3H3/t20-/m0/s1. The molecule has 2 aromatic rings. The highest BCUT2D eigenvalue weighted by molar-refractivity contribution is 6.03. The van der Waals surface area contributed by atoms with E-state index in [-0.39, 0.29) is 30.2 Å². The molecule has 2 amide bonds. The molecule has 6 nitrogen and oxygen atoms in total. The van der Waals surface area contributed by atoms with Crippen molar-refractivity contribution in [3.05, 3.63) is 65.5 Å². The van der Waals surface area contributed by atoms with Gasteiger partial charge in [0.25, 0.3) is 5.91 Å². The summed E-state index contributed by atoms with van der Waals surface area (Å²) in [7, 11) is 3.20. The van der Waals surface area contributed by atoms with Crippen molar-refractivity contribution in [2.24, 2.45) is 5.10 Å². The first-order valence-corrected chi connectivity index (χ1v) is 9.46. The van der Waals surface area contributed by atoms with Gasteiger partial charge in [0.1, 0.15) is 18.1 Å². The van der Waals surface area contributed by atoms with E-state index in [0.29, 0.717) is 18.6 Å². The van der Waals surface area contributed by atoms with Crippen LogP contribution in [0, 0.1) is 5.82 Å². The molecule has 0 aromatic heterocycles. The van der Waals surface area contributed by atoms with Crippen LogP contribution in [-0.2, 0) is 9.59 Å². The van der Waals surface area contributed by atoms with Crippen molar-refractivity contribution < 1.29 is 18.7 Å². The molecule has 1 atom stereocenters. The lowest BCUT2D eigenvalue weighted by Gasteiger charge is -2.25. The first-order valence-electron chi connectivity index (χ1n) is 9.46. The van der Waals surface area contributed by atoms with Gasteiger partial charge in [-0.3, -0.25) is 9.59 Å². The number of carbonyl (C=O) groups excluding carboxylic acids is 2. The quantitative estimate of drug-likeness (QED) is 0.751. The molecule has 0 aliphatic carbocycles. The number of likely N-dealkylation sites (N-methyl/N-ethyl adjacent to an activating group) is 1.